The molecule has 1 amide bonds. The van der Waals surface area contributed by atoms with E-state index in [-0.39, 0.29) is 11.7 Å². The Balaban J connectivity index is 2.13. The van der Waals surface area contributed by atoms with Gasteiger partial charge in [-0.05, 0) is 36.8 Å². The largest absolute Gasteiger partial charge is 0.497 e. The molecule has 2 aromatic rings. The monoisotopic (exact) mass is 380 g/mol. The SMILES string of the molecule is COc1ccc([C@@H](C)NC(=O)CN(c2ccccc2F)S(C)(=O)=O)cc1. The standard InChI is InChI=1S/C18H21FN2O4S/c1-13(14-8-10-15(25-2)11-9-14)20-18(22)12-21(26(3,23)24)17-7-5-4-6-16(17)19/h4-11,13H,12H2,1-3H3,(H,20,22)/t13-/m1/s1. The smallest absolute Gasteiger partial charge is 0.241 e. The topological polar surface area (TPSA) is 75.7 Å². The summed E-state index contributed by atoms with van der Waals surface area (Å²) in [6.07, 6.45) is 0.930. The van der Waals surface area contributed by atoms with Crippen molar-refractivity contribution in [3.8, 4) is 5.75 Å². The maximum atomic E-state index is 14.0. The van der Waals surface area contributed by atoms with Gasteiger partial charge < -0.3 is 10.1 Å². The summed E-state index contributed by atoms with van der Waals surface area (Å²) in [5.74, 6) is -0.564. The normalized spacial score (nSPS) is 12.3. The molecule has 0 radical (unpaired) electrons. The Bertz CT molecular complexity index is 869. The van der Waals surface area contributed by atoms with Gasteiger partial charge in [0.05, 0.1) is 25.1 Å². The van der Waals surface area contributed by atoms with Crippen molar-refractivity contribution in [3.05, 3.63) is 59.9 Å². The molecule has 0 unspecified atom stereocenters. The van der Waals surface area contributed by atoms with Crippen LogP contribution in [0.5, 0.6) is 5.75 Å². The van der Waals surface area contributed by atoms with Crippen molar-refractivity contribution in [1.82, 2.24) is 5.32 Å². The average molecular weight is 380 g/mol. The molecule has 8 heteroatoms. The second-order valence-electron chi connectivity index (χ2n) is 5.78. The molecule has 2 rings (SSSR count). The fourth-order valence-electron chi connectivity index (χ4n) is 2.43. The molecule has 0 aliphatic rings. The van der Waals surface area contributed by atoms with Gasteiger partial charge in [0.15, 0.2) is 0 Å². The summed E-state index contributed by atoms with van der Waals surface area (Å²) in [6, 6.07) is 12.2. The number of carbonyl (C=O) groups excluding carboxylic acids is 1. The molecule has 1 N–H and O–H groups in total. The second kappa shape index (κ2) is 8.18. The summed E-state index contributed by atoms with van der Waals surface area (Å²) in [5, 5.41) is 2.72. The first kappa shape index (κ1) is 19.7. The van der Waals surface area contributed by atoms with Crippen LogP contribution in [0.2, 0.25) is 0 Å². The van der Waals surface area contributed by atoms with Gasteiger partial charge in [-0.1, -0.05) is 24.3 Å². The number of rotatable bonds is 7. The lowest BCUT2D eigenvalue weighted by atomic mass is 10.1. The third-order valence-electron chi connectivity index (χ3n) is 3.80. The number of amides is 1. The lowest BCUT2D eigenvalue weighted by molar-refractivity contribution is -0.120. The first-order valence-corrected chi connectivity index (χ1v) is 9.72. The molecule has 0 aliphatic carbocycles. The third kappa shape index (κ3) is 4.95. The van der Waals surface area contributed by atoms with Crippen LogP contribution in [0, 0.1) is 5.82 Å². The number of methoxy groups -OCH3 is 1. The molecule has 2 aromatic carbocycles. The minimum Gasteiger partial charge on any atom is -0.497 e. The Kier molecular flexibility index (Phi) is 6.20. The fourth-order valence-corrected chi connectivity index (χ4v) is 3.29. The van der Waals surface area contributed by atoms with Crippen LogP contribution in [0.4, 0.5) is 10.1 Å². The molecule has 1 atom stereocenters. The maximum absolute atomic E-state index is 14.0. The molecule has 0 heterocycles. The van der Waals surface area contributed by atoms with Crippen LogP contribution >= 0.6 is 0 Å². The van der Waals surface area contributed by atoms with Gasteiger partial charge in [0.1, 0.15) is 18.1 Å². The van der Waals surface area contributed by atoms with Crippen molar-refractivity contribution >= 4 is 21.6 Å². The zero-order valence-corrected chi connectivity index (χ0v) is 15.6. The van der Waals surface area contributed by atoms with E-state index in [0.29, 0.717) is 5.75 Å². The number of para-hydroxylation sites is 1. The Morgan fingerprint density at radius 2 is 1.81 bits per heavy atom. The highest BCUT2D eigenvalue weighted by Gasteiger charge is 2.24. The lowest BCUT2D eigenvalue weighted by Gasteiger charge is -2.23. The molecule has 0 aliphatic heterocycles. The summed E-state index contributed by atoms with van der Waals surface area (Å²) < 4.78 is 43.8. The van der Waals surface area contributed by atoms with Gasteiger partial charge in [-0.25, -0.2) is 12.8 Å². The van der Waals surface area contributed by atoms with Gasteiger partial charge in [0, 0.05) is 0 Å². The van der Waals surface area contributed by atoms with Gasteiger partial charge in [-0.2, -0.15) is 0 Å². The number of carbonyl (C=O) groups is 1. The highest BCUT2D eigenvalue weighted by atomic mass is 32.2. The Morgan fingerprint density at radius 1 is 1.19 bits per heavy atom. The average Bonchev–Trinajstić information content (AvgIpc) is 2.59. The first-order chi connectivity index (χ1) is 12.2. The lowest BCUT2D eigenvalue weighted by Crippen LogP contribution is -2.41. The zero-order valence-electron chi connectivity index (χ0n) is 14.8. The minimum atomic E-state index is -3.83. The summed E-state index contributed by atoms with van der Waals surface area (Å²) in [6.45, 7) is 1.26. The van der Waals surface area contributed by atoms with Crippen LogP contribution in [0.25, 0.3) is 0 Å². The number of benzene rings is 2. The molecule has 0 saturated heterocycles. The highest BCUT2D eigenvalue weighted by molar-refractivity contribution is 7.92. The van der Waals surface area contributed by atoms with E-state index in [1.807, 2.05) is 0 Å². The Labute approximate surface area is 152 Å². The summed E-state index contributed by atoms with van der Waals surface area (Å²) in [7, 11) is -2.27. The predicted octanol–water partition coefficient (Wildman–Crippen LogP) is 2.48. The maximum Gasteiger partial charge on any atom is 0.241 e. The van der Waals surface area contributed by atoms with E-state index in [2.05, 4.69) is 5.32 Å². The number of hydrogen-bond acceptors (Lipinski definition) is 4. The molecule has 6 nitrogen and oxygen atoms in total. The van der Waals surface area contributed by atoms with Crippen LogP contribution in [0.3, 0.4) is 0 Å². The van der Waals surface area contributed by atoms with Gasteiger partial charge in [-0.3, -0.25) is 9.10 Å². The predicted molar refractivity (Wildman–Crippen MR) is 98.1 cm³/mol. The van der Waals surface area contributed by atoms with Gasteiger partial charge in [0.2, 0.25) is 15.9 Å². The molecule has 0 aromatic heterocycles. The zero-order chi connectivity index (χ0) is 19.3. The van der Waals surface area contributed by atoms with E-state index >= 15 is 0 Å². The molecule has 0 spiro atoms. The van der Waals surface area contributed by atoms with E-state index < -0.39 is 28.3 Å². The van der Waals surface area contributed by atoms with Crippen molar-refractivity contribution < 1.29 is 22.3 Å². The number of nitrogens with one attached hydrogen (secondary N) is 1. The Morgan fingerprint density at radius 3 is 2.35 bits per heavy atom. The van der Waals surface area contributed by atoms with Crippen LogP contribution < -0.4 is 14.4 Å². The first-order valence-electron chi connectivity index (χ1n) is 7.88. The Hall–Kier alpha value is -2.61. The quantitative estimate of drug-likeness (QED) is 0.801. The van der Waals surface area contributed by atoms with Gasteiger partial charge in [0.25, 0.3) is 0 Å². The van der Waals surface area contributed by atoms with E-state index in [0.717, 1.165) is 22.2 Å². The van der Waals surface area contributed by atoms with Crippen LogP contribution in [0.15, 0.2) is 48.5 Å². The van der Waals surface area contributed by atoms with E-state index in [9.17, 15) is 17.6 Å². The molecule has 26 heavy (non-hydrogen) atoms. The number of sulfonamides is 1. The van der Waals surface area contributed by atoms with Gasteiger partial charge in [-0.15, -0.1) is 0 Å². The summed E-state index contributed by atoms with van der Waals surface area (Å²) in [4.78, 5) is 12.3. The second-order valence-corrected chi connectivity index (χ2v) is 7.69. The number of halogens is 1. The minimum absolute atomic E-state index is 0.165. The third-order valence-corrected chi connectivity index (χ3v) is 4.93. The van der Waals surface area contributed by atoms with E-state index in [1.54, 1.807) is 38.3 Å². The molecule has 0 saturated carbocycles. The van der Waals surface area contributed by atoms with E-state index in [4.69, 9.17) is 4.74 Å². The van der Waals surface area contributed by atoms with Crippen LogP contribution in [-0.2, 0) is 14.8 Å². The molecule has 0 bridgehead atoms. The van der Waals surface area contributed by atoms with E-state index in [1.165, 1.54) is 18.2 Å². The van der Waals surface area contributed by atoms with Crippen molar-refractivity contribution in [3.63, 3.8) is 0 Å². The number of ether oxygens (including phenoxy) is 1. The molecular weight excluding hydrogens is 359 g/mol. The number of anilines is 1. The summed E-state index contributed by atoms with van der Waals surface area (Å²) in [5.41, 5.74) is 0.665. The fraction of sp³-hybridized carbons (Fsp3) is 0.278. The number of nitrogens with zero attached hydrogens (tertiary/aromatic N) is 1. The van der Waals surface area contributed by atoms with Crippen LogP contribution in [0.1, 0.15) is 18.5 Å². The van der Waals surface area contributed by atoms with Gasteiger partial charge >= 0.3 is 0 Å². The molecule has 140 valence electrons. The summed E-state index contributed by atoms with van der Waals surface area (Å²) >= 11 is 0. The molecule has 0 fully saturated rings. The van der Waals surface area contributed by atoms with Crippen LogP contribution in [-0.4, -0.2) is 34.2 Å². The molecular formula is C18H21FN2O4S. The van der Waals surface area contributed by atoms with Crippen molar-refractivity contribution in [2.75, 3.05) is 24.2 Å². The van der Waals surface area contributed by atoms with Crippen molar-refractivity contribution in [2.45, 2.75) is 13.0 Å². The van der Waals surface area contributed by atoms with Crippen molar-refractivity contribution in [1.29, 1.82) is 0 Å². The number of hydrogen-bond donors (Lipinski definition) is 1. The van der Waals surface area contributed by atoms with Crippen molar-refractivity contribution in [2.24, 2.45) is 0 Å². The highest BCUT2D eigenvalue weighted by Crippen LogP contribution is 2.21.